The highest BCUT2D eigenvalue weighted by Gasteiger charge is 2.59. The Labute approximate surface area is 139 Å². The van der Waals surface area contributed by atoms with Gasteiger partial charge < -0.3 is 15.0 Å². The van der Waals surface area contributed by atoms with Crippen molar-refractivity contribution in [3.63, 3.8) is 0 Å². The average Bonchev–Trinajstić information content (AvgIpc) is 2.81. The number of nitrogens with one attached hydrogen (secondary N) is 1. The maximum Gasteiger partial charge on any atom is 0.413 e. The zero-order valence-corrected chi connectivity index (χ0v) is 14.2. The Balaban J connectivity index is 2.20. The number of halogens is 3. The van der Waals surface area contributed by atoms with Crippen molar-refractivity contribution < 1.29 is 22.7 Å². The second kappa shape index (κ2) is 6.14. The van der Waals surface area contributed by atoms with Crippen LogP contribution in [0, 0.1) is 6.92 Å². The van der Waals surface area contributed by atoms with E-state index in [1.807, 2.05) is 6.92 Å². The minimum atomic E-state index is -4.59. The van der Waals surface area contributed by atoms with Crippen LogP contribution in [0.2, 0.25) is 0 Å². The molecule has 1 aromatic rings. The fourth-order valence-corrected chi connectivity index (χ4v) is 2.65. The largest absolute Gasteiger partial charge is 0.444 e. The van der Waals surface area contributed by atoms with Gasteiger partial charge in [0.2, 0.25) is 0 Å². The number of hydrogen-bond acceptors (Lipinski definition) is 4. The number of carbonyl (C=O) groups excluding carboxylic acids is 1. The quantitative estimate of drug-likeness (QED) is 0.892. The van der Waals surface area contributed by atoms with Crippen molar-refractivity contribution >= 4 is 11.8 Å². The predicted molar refractivity (Wildman–Crippen MR) is 84.0 cm³/mol. The van der Waals surface area contributed by atoms with Gasteiger partial charge in [0, 0.05) is 12.7 Å². The van der Waals surface area contributed by atoms with E-state index in [2.05, 4.69) is 10.3 Å². The molecule has 1 aliphatic heterocycles. The van der Waals surface area contributed by atoms with Crippen LogP contribution in [0.1, 0.15) is 32.8 Å². The molecule has 134 valence electrons. The number of alkyl halides is 3. The highest BCUT2D eigenvalue weighted by atomic mass is 19.4. The summed E-state index contributed by atoms with van der Waals surface area (Å²) in [6.07, 6.45) is -2.74. The Hall–Kier alpha value is -1.99. The minimum absolute atomic E-state index is 0.167. The summed E-state index contributed by atoms with van der Waals surface area (Å²) in [4.78, 5) is 17.5. The molecule has 1 amide bonds. The third-order valence-electron chi connectivity index (χ3n) is 3.78. The van der Waals surface area contributed by atoms with Crippen LogP contribution in [0.3, 0.4) is 0 Å². The number of pyridine rings is 1. The molecule has 0 bridgehead atoms. The Morgan fingerprint density at radius 1 is 1.33 bits per heavy atom. The third kappa shape index (κ3) is 4.10. The van der Waals surface area contributed by atoms with Crippen molar-refractivity contribution in [2.24, 2.45) is 0 Å². The van der Waals surface area contributed by atoms with Crippen LogP contribution < -0.4 is 10.2 Å². The topological polar surface area (TPSA) is 54.5 Å². The summed E-state index contributed by atoms with van der Waals surface area (Å²) >= 11 is 0. The number of amides is 1. The molecular weight excluding hydrogens is 323 g/mol. The molecule has 2 heterocycles. The molecule has 5 nitrogen and oxygen atoms in total. The smallest absolute Gasteiger partial charge is 0.413 e. The van der Waals surface area contributed by atoms with Crippen molar-refractivity contribution in [2.75, 3.05) is 18.0 Å². The van der Waals surface area contributed by atoms with Crippen molar-refractivity contribution in [2.45, 2.75) is 51.4 Å². The van der Waals surface area contributed by atoms with Crippen LogP contribution in [0.4, 0.5) is 23.7 Å². The molecule has 24 heavy (non-hydrogen) atoms. The monoisotopic (exact) mass is 345 g/mol. The van der Waals surface area contributed by atoms with E-state index in [4.69, 9.17) is 4.74 Å². The summed E-state index contributed by atoms with van der Waals surface area (Å²) in [7, 11) is 0. The first-order valence-corrected chi connectivity index (χ1v) is 7.66. The molecular formula is C16H22F3N3O2. The fourth-order valence-electron chi connectivity index (χ4n) is 2.65. The minimum Gasteiger partial charge on any atom is -0.444 e. The summed E-state index contributed by atoms with van der Waals surface area (Å²) in [6, 6.07) is 1.77. The van der Waals surface area contributed by atoms with Gasteiger partial charge in [-0.3, -0.25) is 4.98 Å². The van der Waals surface area contributed by atoms with E-state index in [0.29, 0.717) is 5.69 Å². The lowest BCUT2D eigenvalue weighted by Gasteiger charge is -2.33. The number of anilines is 1. The zero-order chi connectivity index (χ0) is 18.2. The van der Waals surface area contributed by atoms with Crippen LogP contribution in [0.5, 0.6) is 0 Å². The van der Waals surface area contributed by atoms with E-state index in [-0.39, 0.29) is 19.5 Å². The number of ether oxygens (including phenoxy) is 1. The Kier molecular flexibility index (Phi) is 4.70. The van der Waals surface area contributed by atoms with E-state index < -0.39 is 23.4 Å². The molecule has 1 atom stereocenters. The molecule has 0 aliphatic carbocycles. The van der Waals surface area contributed by atoms with Crippen molar-refractivity contribution in [1.82, 2.24) is 10.3 Å². The molecule has 0 saturated carbocycles. The van der Waals surface area contributed by atoms with E-state index in [1.165, 1.54) is 6.20 Å². The number of aromatic nitrogens is 1. The van der Waals surface area contributed by atoms with Crippen LogP contribution in [-0.4, -0.2) is 41.5 Å². The first kappa shape index (κ1) is 18.4. The Morgan fingerprint density at radius 3 is 2.54 bits per heavy atom. The van der Waals surface area contributed by atoms with Gasteiger partial charge in [-0.05, 0) is 45.7 Å². The highest BCUT2D eigenvalue weighted by molar-refractivity contribution is 5.69. The van der Waals surface area contributed by atoms with Gasteiger partial charge in [0.05, 0.1) is 18.4 Å². The summed E-state index contributed by atoms with van der Waals surface area (Å²) in [6.45, 7) is 6.43. The molecule has 1 aromatic heterocycles. The maximum atomic E-state index is 13.7. The molecule has 1 saturated heterocycles. The van der Waals surface area contributed by atoms with E-state index in [1.54, 1.807) is 37.9 Å². The van der Waals surface area contributed by atoms with Crippen LogP contribution in [-0.2, 0) is 4.74 Å². The van der Waals surface area contributed by atoms with Gasteiger partial charge in [-0.15, -0.1) is 0 Å². The van der Waals surface area contributed by atoms with Gasteiger partial charge in [0.25, 0.3) is 0 Å². The number of hydrogen-bond donors (Lipinski definition) is 1. The second-order valence-corrected chi connectivity index (χ2v) is 7.10. The number of carbonyl (C=O) groups is 1. The van der Waals surface area contributed by atoms with Crippen LogP contribution >= 0.6 is 0 Å². The van der Waals surface area contributed by atoms with Gasteiger partial charge in [0.15, 0.2) is 5.54 Å². The number of aryl methyl sites for hydroxylation is 1. The number of rotatable bonds is 2. The molecule has 2 rings (SSSR count). The predicted octanol–water partition coefficient (Wildman–Crippen LogP) is 3.43. The second-order valence-electron chi connectivity index (χ2n) is 7.10. The van der Waals surface area contributed by atoms with Crippen molar-refractivity contribution in [3.05, 3.63) is 24.0 Å². The van der Waals surface area contributed by atoms with Crippen LogP contribution in [0.15, 0.2) is 18.5 Å². The van der Waals surface area contributed by atoms with Gasteiger partial charge >= 0.3 is 12.3 Å². The summed E-state index contributed by atoms with van der Waals surface area (Å²) in [5.74, 6) is 0. The zero-order valence-electron chi connectivity index (χ0n) is 14.2. The number of alkyl carbamates (subject to hydrolysis) is 1. The molecule has 0 radical (unpaired) electrons. The lowest BCUT2D eigenvalue weighted by atomic mass is 9.98. The summed E-state index contributed by atoms with van der Waals surface area (Å²) in [5, 5.41) is 2.05. The third-order valence-corrected chi connectivity index (χ3v) is 3.78. The maximum absolute atomic E-state index is 13.7. The molecule has 0 spiro atoms. The molecule has 1 fully saturated rings. The molecule has 1 unspecified atom stereocenters. The van der Waals surface area contributed by atoms with E-state index in [9.17, 15) is 18.0 Å². The average molecular weight is 345 g/mol. The normalized spacial score (nSPS) is 21.7. The summed E-state index contributed by atoms with van der Waals surface area (Å²) < 4.78 is 46.0. The van der Waals surface area contributed by atoms with Crippen molar-refractivity contribution in [3.8, 4) is 0 Å². The van der Waals surface area contributed by atoms with Gasteiger partial charge in [0.1, 0.15) is 5.60 Å². The van der Waals surface area contributed by atoms with Gasteiger partial charge in [-0.1, -0.05) is 0 Å². The lowest BCUT2D eigenvalue weighted by molar-refractivity contribution is -0.188. The van der Waals surface area contributed by atoms with Gasteiger partial charge in [-0.25, -0.2) is 4.79 Å². The fraction of sp³-hybridized carbons (Fsp3) is 0.625. The van der Waals surface area contributed by atoms with Gasteiger partial charge in [-0.2, -0.15) is 13.2 Å². The summed E-state index contributed by atoms with van der Waals surface area (Å²) in [5.41, 5.74) is -1.74. The lowest BCUT2D eigenvalue weighted by Crippen LogP contribution is -2.61. The molecule has 8 heteroatoms. The molecule has 1 aliphatic rings. The van der Waals surface area contributed by atoms with Crippen molar-refractivity contribution in [1.29, 1.82) is 0 Å². The Bertz CT molecular complexity index is 613. The SMILES string of the molecule is Cc1cncc(N2CCC(NC(=O)OC(C)(C)C)(C(F)(F)F)C2)c1. The highest BCUT2D eigenvalue weighted by Crippen LogP contribution is 2.39. The standard InChI is InChI=1S/C16H22F3N3O2/c1-11-7-12(9-20-8-11)22-6-5-15(10-22,16(17,18)19)21-13(23)24-14(2,3)4/h7-9H,5-6,10H2,1-4H3,(H,21,23). The molecule has 0 aromatic carbocycles. The first-order valence-electron chi connectivity index (χ1n) is 7.66. The van der Waals surface area contributed by atoms with E-state index in [0.717, 1.165) is 5.56 Å². The van der Waals surface area contributed by atoms with E-state index >= 15 is 0 Å². The first-order chi connectivity index (χ1) is 10.9. The number of nitrogens with zero attached hydrogens (tertiary/aromatic N) is 2. The molecule has 1 N–H and O–H groups in total. The van der Waals surface area contributed by atoms with Crippen LogP contribution in [0.25, 0.3) is 0 Å². The Morgan fingerprint density at radius 2 is 2.00 bits per heavy atom.